The fraction of sp³-hybridized carbons (Fsp3) is 0.474. The van der Waals surface area contributed by atoms with Crippen molar-refractivity contribution in [3.63, 3.8) is 0 Å². The molecule has 0 fully saturated rings. The van der Waals surface area contributed by atoms with Gasteiger partial charge in [-0.1, -0.05) is 29.8 Å². The van der Waals surface area contributed by atoms with Gasteiger partial charge >= 0.3 is 11.9 Å². The Morgan fingerprint density at radius 1 is 1.26 bits per heavy atom. The van der Waals surface area contributed by atoms with Gasteiger partial charge in [-0.25, -0.2) is 4.79 Å². The molecule has 1 aliphatic rings. The van der Waals surface area contributed by atoms with Gasteiger partial charge in [0.05, 0.1) is 26.4 Å². The number of ether oxygens (including phenoxy) is 3. The van der Waals surface area contributed by atoms with E-state index in [4.69, 9.17) is 31.5 Å². The van der Waals surface area contributed by atoms with Crippen molar-refractivity contribution in [3.05, 3.63) is 46.1 Å². The summed E-state index contributed by atoms with van der Waals surface area (Å²) >= 11 is 6.42. The average molecular weight is 397 g/mol. The Bertz CT molecular complexity index is 751. The van der Waals surface area contributed by atoms with Gasteiger partial charge in [0.1, 0.15) is 11.6 Å². The molecule has 2 rings (SSSR count). The number of carbonyl (C=O) groups excluding carboxylic acids is 2. The molecule has 1 aromatic rings. The molecule has 1 heterocycles. The Kier molecular flexibility index (Phi) is 6.86. The lowest BCUT2D eigenvalue weighted by atomic mass is 9.72. The minimum Gasteiger partial charge on any atom is -0.469 e. The van der Waals surface area contributed by atoms with Gasteiger partial charge in [-0.15, -0.1) is 0 Å². The van der Waals surface area contributed by atoms with Gasteiger partial charge < -0.3 is 25.3 Å². The number of carbonyl (C=O) groups is 2. The van der Waals surface area contributed by atoms with Crippen molar-refractivity contribution in [2.75, 3.05) is 27.4 Å². The molecule has 3 atom stereocenters. The lowest BCUT2D eigenvalue weighted by molar-refractivity contribution is -0.166. The monoisotopic (exact) mass is 396 g/mol. The van der Waals surface area contributed by atoms with Crippen molar-refractivity contribution >= 4 is 23.5 Å². The highest BCUT2D eigenvalue weighted by atomic mass is 35.5. The molecule has 1 aliphatic heterocycles. The predicted octanol–water partition coefficient (Wildman–Crippen LogP) is 1.95. The van der Waals surface area contributed by atoms with Crippen molar-refractivity contribution in [2.45, 2.75) is 25.5 Å². The van der Waals surface area contributed by atoms with Crippen molar-refractivity contribution in [3.8, 4) is 0 Å². The van der Waals surface area contributed by atoms with Gasteiger partial charge in [0.25, 0.3) is 0 Å². The number of allylic oxidation sites excluding steroid dienone is 1. The van der Waals surface area contributed by atoms with Crippen LogP contribution in [0.4, 0.5) is 0 Å². The van der Waals surface area contributed by atoms with E-state index in [1.165, 1.54) is 14.2 Å². The normalized spacial score (nSPS) is 25.0. The molecule has 0 amide bonds. The van der Waals surface area contributed by atoms with E-state index in [2.05, 4.69) is 5.32 Å². The fourth-order valence-corrected chi connectivity index (χ4v) is 3.83. The van der Waals surface area contributed by atoms with Crippen LogP contribution in [0.2, 0.25) is 5.02 Å². The number of methoxy groups -OCH3 is 2. The zero-order valence-corrected chi connectivity index (χ0v) is 16.6. The van der Waals surface area contributed by atoms with E-state index < -0.39 is 29.5 Å². The van der Waals surface area contributed by atoms with E-state index in [-0.39, 0.29) is 13.2 Å². The number of rotatable bonds is 6. The topological polar surface area (TPSA) is 99.9 Å². The first kappa shape index (κ1) is 21.2. The van der Waals surface area contributed by atoms with Gasteiger partial charge in [-0.2, -0.15) is 0 Å². The van der Waals surface area contributed by atoms with Crippen LogP contribution in [-0.4, -0.2) is 45.0 Å². The maximum Gasteiger partial charge on any atom is 0.336 e. The first-order valence-corrected chi connectivity index (χ1v) is 8.92. The third-order valence-electron chi connectivity index (χ3n) is 4.70. The molecule has 0 radical (unpaired) electrons. The van der Waals surface area contributed by atoms with Crippen molar-refractivity contribution < 1.29 is 23.8 Å². The van der Waals surface area contributed by atoms with Gasteiger partial charge in [0.2, 0.25) is 0 Å². The maximum atomic E-state index is 12.8. The standard InChI is InChI=1S/C19H25ClN2O5/c1-11-14(17(23)25-3)15(12-7-5-6-8-13(12)20)16(18(24)26-4)19(2,22-11)27-10-9-21/h5-8,15-16,22H,9-10,21H2,1-4H3/t15-,16+,19-/m0/s1. The summed E-state index contributed by atoms with van der Waals surface area (Å²) in [5.41, 5.74) is 5.87. The molecule has 7 nitrogen and oxygen atoms in total. The van der Waals surface area contributed by atoms with Crippen LogP contribution in [0.15, 0.2) is 35.5 Å². The second-order valence-corrected chi connectivity index (χ2v) is 6.81. The maximum absolute atomic E-state index is 12.8. The highest BCUT2D eigenvalue weighted by Crippen LogP contribution is 2.46. The van der Waals surface area contributed by atoms with Gasteiger partial charge in [0.15, 0.2) is 0 Å². The van der Waals surface area contributed by atoms with Crippen molar-refractivity contribution in [2.24, 2.45) is 11.7 Å². The number of esters is 2. The van der Waals surface area contributed by atoms with Crippen molar-refractivity contribution in [1.29, 1.82) is 0 Å². The van der Waals surface area contributed by atoms with E-state index >= 15 is 0 Å². The molecule has 0 saturated heterocycles. The van der Waals surface area contributed by atoms with Crippen molar-refractivity contribution in [1.82, 2.24) is 5.32 Å². The third kappa shape index (κ3) is 4.10. The molecule has 0 aromatic heterocycles. The van der Waals surface area contributed by atoms with E-state index in [1.807, 2.05) is 0 Å². The Hall–Kier alpha value is -2.09. The van der Waals surface area contributed by atoms with Gasteiger partial charge in [-0.3, -0.25) is 4.79 Å². The van der Waals surface area contributed by atoms with Crippen LogP contribution >= 0.6 is 11.6 Å². The van der Waals surface area contributed by atoms with Crippen LogP contribution in [0.25, 0.3) is 0 Å². The lowest BCUT2D eigenvalue weighted by Crippen LogP contribution is -2.59. The number of hydrogen-bond donors (Lipinski definition) is 2. The second kappa shape index (κ2) is 8.73. The summed E-state index contributed by atoms with van der Waals surface area (Å²) in [5.74, 6) is -2.71. The molecule has 0 bridgehead atoms. The van der Waals surface area contributed by atoms with Gasteiger partial charge in [0, 0.05) is 23.2 Å². The van der Waals surface area contributed by atoms with Gasteiger partial charge in [-0.05, 0) is 25.5 Å². The van der Waals surface area contributed by atoms with E-state index in [0.717, 1.165) is 0 Å². The summed E-state index contributed by atoms with van der Waals surface area (Å²) in [7, 11) is 2.58. The van der Waals surface area contributed by atoms with Crippen LogP contribution in [0, 0.1) is 5.92 Å². The molecule has 0 saturated carbocycles. The number of hydrogen-bond acceptors (Lipinski definition) is 7. The summed E-state index contributed by atoms with van der Waals surface area (Å²) in [4.78, 5) is 25.4. The SMILES string of the molecule is COC(=O)C1=C(C)N[C@@](C)(OCCN)[C@@H](C(=O)OC)[C@H]1c1ccccc1Cl. The van der Waals surface area contributed by atoms with E-state index in [1.54, 1.807) is 38.1 Å². The Morgan fingerprint density at radius 2 is 1.93 bits per heavy atom. The number of nitrogens with one attached hydrogen (secondary N) is 1. The Labute approximate surface area is 163 Å². The van der Waals surface area contributed by atoms with Crippen LogP contribution < -0.4 is 11.1 Å². The van der Waals surface area contributed by atoms with Crippen LogP contribution in [-0.2, 0) is 23.8 Å². The summed E-state index contributed by atoms with van der Waals surface area (Å²) in [6.07, 6.45) is 0. The first-order chi connectivity index (χ1) is 12.8. The zero-order valence-electron chi connectivity index (χ0n) is 15.9. The average Bonchev–Trinajstić information content (AvgIpc) is 2.65. The zero-order chi connectivity index (χ0) is 20.2. The molecule has 148 valence electrons. The quantitative estimate of drug-likeness (QED) is 0.709. The molecular weight excluding hydrogens is 372 g/mol. The Morgan fingerprint density at radius 3 is 2.48 bits per heavy atom. The number of benzene rings is 1. The second-order valence-electron chi connectivity index (χ2n) is 6.40. The molecule has 0 unspecified atom stereocenters. The summed E-state index contributed by atoms with van der Waals surface area (Å²) < 4.78 is 15.9. The minimum atomic E-state index is -1.15. The number of nitrogens with two attached hydrogens (primary N) is 1. The molecular formula is C19H25ClN2O5. The van der Waals surface area contributed by atoms with Crippen LogP contribution in [0.3, 0.4) is 0 Å². The fourth-order valence-electron chi connectivity index (χ4n) is 3.57. The lowest BCUT2D eigenvalue weighted by Gasteiger charge is -2.46. The predicted molar refractivity (Wildman–Crippen MR) is 101 cm³/mol. The van der Waals surface area contributed by atoms with Crippen LogP contribution in [0.1, 0.15) is 25.3 Å². The van der Waals surface area contributed by atoms with E-state index in [0.29, 0.717) is 21.9 Å². The summed E-state index contributed by atoms with van der Waals surface area (Å²) in [5, 5.41) is 3.56. The summed E-state index contributed by atoms with van der Waals surface area (Å²) in [6, 6.07) is 7.04. The van der Waals surface area contributed by atoms with E-state index in [9.17, 15) is 9.59 Å². The van der Waals surface area contributed by atoms with Crippen LogP contribution in [0.5, 0.6) is 0 Å². The highest BCUT2D eigenvalue weighted by molar-refractivity contribution is 6.31. The molecule has 0 aliphatic carbocycles. The minimum absolute atomic E-state index is 0.215. The molecule has 3 N–H and O–H groups in total. The highest BCUT2D eigenvalue weighted by Gasteiger charge is 2.53. The number of halogens is 1. The Balaban J connectivity index is 2.74. The summed E-state index contributed by atoms with van der Waals surface area (Å²) in [6.45, 7) is 3.95. The third-order valence-corrected chi connectivity index (χ3v) is 5.04. The molecule has 1 aromatic carbocycles. The first-order valence-electron chi connectivity index (χ1n) is 8.54. The molecule has 8 heteroatoms. The molecule has 0 spiro atoms. The largest absolute Gasteiger partial charge is 0.469 e. The smallest absolute Gasteiger partial charge is 0.336 e. The molecule has 27 heavy (non-hydrogen) atoms.